The molecule has 23 heavy (non-hydrogen) atoms. The zero-order chi connectivity index (χ0) is 17.0. The number of nitrogens with zero attached hydrogens (tertiary/aromatic N) is 2. The average Bonchev–Trinajstić information content (AvgIpc) is 2.77. The lowest BCUT2D eigenvalue weighted by molar-refractivity contribution is 0.645. The van der Waals surface area contributed by atoms with Crippen molar-refractivity contribution in [3.05, 3.63) is 46.8 Å². The van der Waals surface area contributed by atoms with Crippen LogP contribution in [0.15, 0.2) is 24.3 Å². The van der Waals surface area contributed by atoms with E-state index in [1.807, 2.05) is 11.6 Å². The van der Waals surface area contributed by atoms with Crippen molar-refractivity contribution in [1.82, 2.24) is 15.1 Å². The van der Waals surface area contributed by atoms with Crippen LogP contribution in [0.4, 0.5) is 5.69 Å². The minimum absolute atomic E-state index is 0.359. The van der Waals surface area contributed by atoms with Gasteiger partial charge in [-0.1, -0.05) is 36.8 Å². The standard InChI is InChI=1S/C18H26N4S/c1-6-13(3)19-18(23)20-17-14(4)21-22(15(17)5)11-16-9-7-12(2)8-10-16/h7-10,13H,6,11H2,1-5H3,(H2,19,20,23). The summed E-state index contributed by atoms with van der Waals surface area (Å²) in [6, 6.07) is 8.91. The molecule has 0 amide bonds. The Hall–Kier alpha value is -1.88. The molecule has 0 aliphatic heterocycles. The first-order valence-electron chi connectivity index (χ1n) is 8.07. The molecular weight excluding hydrogens is 304 g/mol. The fourth-order valence-corrected chi connectivity index (χ4v) is 2.68. The third-order valence-corrected chi connectivity index (χ3v) is 4.28. The van der Waals surface area contributed by atoms with Crippen LogP contribution in [0.1, 0.15) is 42.8 Å². The molecule has 1 aromatic heterocycles. The maximum absolute atomic E-state index is 5.39. The van der Waals surface area contributed by atoms with E-state index in [0.717, 1.165) is 30.0 Å². The van der Waals surface area contributed by atoms with Crippen LogP contribution in [-0.2, 0) is 6.54 Å². The Morgan fingerprint density at radius 2 is 1.87 bits per heavy atom. The van der Waals surface area contributed by atoms with E-state index in [2.05, 4.69) is 67.7 Å². The molecule has 0 aliphatic carbocycles. The third-order valence-electron chi connectivity index (χ3n) is 4.06. The molecule has 1 atom stereocenters. The first kappa shape index (κ1) is 17.5. The third kappa shape index (κ3) is 4.55. The minimum atomic E-state index is 0.359. The number of nitrogens with one attached hydrogen (secondary N) is 2. The Morgan fingerprint density at radius 3 is 2.48 bits per heavy atom. The number of anilines is 1. The highest BCUT2D eigenvalue weighted by Crippen LogP contribution is 2.20. The molecule has 0 fully saturated rings. The van der Waals surface area contributed by atoms with Crippen LogP contribution in [-0.4, -0.2) is 20.9 Å². The summed E-state index contributed by atoms with van der Waals surface area (Å²) < 4.78 is 2.02. The van der Waals surface area contributed by atoms with E-state index in [9.17, 15) is 0 Å². The molecule has 0 spiro atoms. The smallest absolute Gasteiger partial charge is 0.171 e. The van der Waals surface area contributed by atoms with Crippen LogP contribution >= 0.6 is 12.2 Å². The van der Waals surface area contributed by atoms with Gasteiger partial charge in [-0.25, -0.2) is 0 Å². The average molecular weight is 331 g/mol. The van der Waals surface area contributed by atoms with Crippen molar-refractivity contribution in [2.24, 2.45) is 0 Å². The molecule has 0 saturated carbocycles. The van der Waals surface area contributed by atoms with Crippen LogP contribution in [0, 0.1) is 20.8 Å². The van der Waals surface area contributed by atoms with Gasteiger partial charge in [0.1, 0.15) is 0 Å². The maximum Gasteiger partial charge on any atom is 0.171 e. The fraction of sp³-hybridized carbons (Fsp3) is 0.444. The summed E-state index contributed by atoms with van der Waals surface area (Å²) in [6.07, 6.45) is 1.03. The molecule has 2 N–H and O–H groups in total. The molecule has 0 saturated heterocycles. The van der Waals surface area contributed by atoms with Gasteiger partial charge in [0, 0.05) is 6.04 Å². The lowest BCUT2D eigenvalue weighted by Gasteiger charge is -2.15. The largest absolute Gasteiger partial charge is 0.360 e. The van der Waals surface area contributed by atoms with Gasteiger partial charge in [-0.15, -0.1) is 0 Å². The number of benzene rings is 1. The van der Waals surface area contributed by atoms with E-state index < -0.39 is 0 Å². The Kier molecular flexibility index (Phi) is 5.77. The molecule has 2 rings (SSSR count). The molecule has 1 aromatic carbocycles. The van der Waals surface area contributed by atoms with Crippen LogP contribution in [0.2, 0.25) is 0 Å². The molecule has 2 aromatic rings. The molecule has 0 aliphatic rings. The van der Waals surface area contributed by atoms with Gasteiger partial charge in [0.15, 0.2) is 5.11 Å². The summed E-state index contributed by atoms with van der Waals surface area (Å²) in [5, 5.41) is 11.9. The highest BCUT2D eigenvalue weighted by atomic mass is 32.1. The Balaban J connectivity index is 2.12. The van der Waals surface area contributed by atoms with Gasteiger partial charge in [-0.3, -0.25) is 4.68 Å². The number of hydrogen-bond donors (Lipinski definition) is 2. The topological polar surface area (TPSA) is 41.9 Å². The van der Waals surface area contributed by atoms with Gasteiger partial charge >= 0.3 is 0 Å². The molecule has 1 heterocycles. The van der Waals surface area contributed by atoms with Crippen molar-refractivity contribution in [1.29, 1.82) is 0 Å². The second kappa shape index (κ2) is 7.59. The SMILES string of the molecule is CCC(C)NC(=S)Nc1c(C)nn(Cc2ccc(C)cc2)c1C. The predicted octanol–water partition coefficient (Wildman–Crippen LogP) is 3.94. The number of hydrogen-bond acceptors (Lipinski definition) is 2. The Morgan fingerprint density at radius 1 is 1.22 bits per heavy atom. The number of aromatic nitrogens is 2. The van der Waals surface area contributed by atoms with Crippen molar-refractivity contribution in [2.45, 2.75) is 53.6 Å². The molecule has 0 bridgehead atoms. The van der Waals surface area contributed by atoms with Crippen LogP contribution < -0.4 is 10.6 Å². The highest BCUT2D eigenvalue weighted by molar-refractivity contribution is 7.80. The zero-order valence-corrected chi connectivity index (χ0v) is 15.4. The molecule has 1 unspecified atom stereocenters. The van der Waals surface area contributed by atoms with Gasteiger partial charge in [-0.2, -0.15) is 5.10 Å². The first-order valence-corrected chi connectivity index (χ1v) is 8.48. The van der Waals surface area contributed by atoms with Gasteiger partial charge < -0.3 is 10.6 Å². The van der Waals surface area contributed by atoms with Gasteiger partial charge in [0.25, 0.3) is 0 Å². The minimum Gasteiger partial charge on any atom is -0.360 e. The molecule has 0 radical (unpaired) electrons. The van der Waals surface area contributed by atoms with E-state index in [-0.39, 0.29) is 0 Å². The first-order chi connectivity index (χ1) is 10.9. The van der Waals surface area contributed by atoms with E-state index in [4.69, 9.17) is 12.2 Å². The van der Waals surface area contributed by atoms with E-state index in [1.165, 1.54) is 11.1 Å². The summed E-state index contributed by atoms with van der Waals surface area (Å²) in [5.74, 6) is 0. The lowest BCUT2D eigenvalue weighted by atomic mass is 10.1. The van der Waals surface area contributed by atoms with Gasteiger partial charge in [0.05, 0.1) is 23.6 Å². The normalized spacial score (nSPS) is 12.0. The van der Waals surface area contributed by atoms with Crippen molar-refractivity contribution < 1.29 is 0 Å². The summed E-state index contributed by atoms with van der Waals surface area (Å²) in [5.41, 5.74) is 5.57. The molecule has 5 heteroatoms. The van der Waals surface area contributed by atoms with Crippen molar-refractivity contribution in [3.8, 4) is 0 Å². The van der Waals surface area contributed by atoms with E-state index >= 15 is 0 Å². The van der Waals surface area contributed by atoms with Gasteiger partial charge in [0.2, 0.25) is 0 Å². The van der Waals surface area contributed by atoms with Crippen molar-refractivity contribution >= 4 is 23.0 Å². The van der Waals surface area contributed by atoms with Crippen LogP contribution in [0.25, 0.3) is 0 Å². The number of aryl methyl sites for hydroxylation is 2. The summed E-state index contributed by atoms with van der Waals surface area (Å²) in [6.45, 7) is 11.2. The van der Waals surface area contributed by atoms with E-state index in [0.29, 0.717) is 11.2 Å². The van der Waals surface area contributed by atoms with Crippen molar-refractivity contribution in [2.75, 3.05) is 5.32 Å². The molecule has 124 valence electrons. The number of thiocarbonyl (C=S) groups is 1. The summed E-state index contributed by atoms with van der Waals surface area (Å²) in [7, 11) is 0. The zero-order valence-electron chi connectivity index (χ0n) is 14.6. The Bertz CT molecular complexity index is 673. The lowest BCUT2D eigenvalue weighted by Crippen LogP contribution is -2.35. The van der Waals surface area contributed by atoms with Crippen molar-refractivity contribution in [3.63, 3.8) is 0 Å². The quantitative estimate of drug-likeness (QED) is 0.815. The van der Waals surface area contributed by atoms with E-state index in [1.54, 1.807) is 0 Å². The number of rotatable bonds is 5. The van der Waals surface area contributed by atoms with Crippen LogP contribution in [0.3, 0.4) is 0 Å². The van der Waals surface area contributed by atoms with Gasteiger partial charge in [-0.05, 0) is 51.9 Å². The second-order valence-electron chi connectivity index (χ2n) is 6.10. The molecular formula is C18H26N4S. The predicted molar refractivity (Wildman–Crippen MR) is 101 cm³/mol. The maximum atomic E-state index is 5.39. The molecule has 4 nitrogen and oxygen atoms in total. The monoisotopic (exact) mass is 330 g/mol. The van der Waals surface area contributed by atoms with Crippen LogP contribution in [0.5, 0.6) is 0 Å². The highest BCUT2D eigenvalue weighted by Gasteiger charge is 2.13. The Labute approximate surface area is 144 Å². The second-order valence-corrected chi connectivity index (χ2v) is 6.51. The summed E-state index contributed by atoms with van der Waals surface area (Å²) in [4.78, 5) is 0. The summed E-state index contributed by atoms with van der Waals surface area (Å²) >= 11 is 5.39. The fourth-order valence-electron chi connectivity index (χ4n) is 2.37.